The lowest BCUT2D eigenvalue weighted by Gasteiger charge is -2.20. The smallest absolute Gasteiger partial charge is 0.233 e. The summed E-state index contributed by atoms with van der Waals surface area (Å²) in [6, 6.07) is 9.09. The van der Waals surface area contributed by atoms with Crippen molar-refractivity contribution in [3.63, 3.8) is 0 Å². The first-order chi connectivity index (χ1) is 8.55. The molecule has 6 heteroatoms. The average molecular weight is 281 g/mol. The molecule has 1 aromatic heterocycles. The third-order valence-electron chi connectivity index (χ3n) is 2.91. The van der Waals surface area contributed by atoms with E-state index in [2.05, 4.69) is 4.72 Å². The fraction of sp³-hybridized carbons (Fsp3) is 0.167. The number of hydrogen-bond donors (Lipinski definition) is 2. The molecule has 1 aliphatic rings. The minimum absolute atomic E-state index is 0.124. The van der Waals surface area contributed by atoms with E-state index in [0.717, 1.165) is 16.0 Å². The Balaban J connectivity index is 2.17. The molecule has 3 rings (SSSR count). The Morgan fingerprint density at radius 3 is 2.78 bits per heavy atom. The van der Waals surface area contributed by atoms with E-state index in [9.17, 15) is 13.5 Å². The van der Waals surface area contributed by atoms with Crippen LogP contribution in [0.15, 0.2) is 30.3 Å². The summed E-state index contributed by atoms with van der Waals surface area (Å²) in [4.78, 5) is 0.856. The zero-order chi connectivity index (χ0) is 12.8. The van der Waals surface area contributed by atoms with E-state index < -0.39 is 10.0 Å². The van der Waals surface area contributed by atoms with Crippen molar-refractivity contribution >= 4 is 27.0 Å². The predicted octanol–water partition coefficient (Wildman–Crippen LogP) is 2.42. The van der Waals surface area contributed by atoms with Gasteiger partial charge in [-0.05, 0) is 24.1 Å². The largest absolute Gasteiger partial charge is 0.499 e. The summed E-state index contributed by atoms with van der Waals surface area (Å²) < 4.78 is 25.9. The molecule has 0 bridgehead atoms. The standard InChI is InChI=1S/C12H11NO3S2/c14-11-5-4-10(17-11)9-3-1-2-8-6-7-18(15,16)13-12(8)9/h1-5,13-14H,6-7H2. The molecule has 1 aromatic carbocycles. The molecule has 0 saturated heterocycles. The minimum Gasteiger partial charge on any atom is -0.499 e. The van der Waals surface area contributed by atoms with E-state index in [0.29, 0.717) is 12.1 Å². The summed E-state index contributed by atoms with van der Waals surface area (Å²) in [5, 5.41) is 9.62. The summed E-state index contributed by atoms with van der Waals surface area (Å²) in [7, 11) is -3.23. The third kappa shape index (κ3) is 1.97. The molecule has 18 heavy (non-hydrogen) atoms. The quantitative estimate of drug-likeness (QED) is 0.843. The zero-order valence-electron chi connectivity index (χ0n) is 9.38. The summed E-state index contributed by atoms with van der Waals surface area (Å²) >= 11 is 1.23. The van der Waals surface area contributed by atoms with Gasteiger partial charge in [0.15, 0.2) is 5.06 Å². The number of anilines is 1. The molecular formula is C12H11NO3S2. The van der Waals surface area contributed by atoms with Crippen molar-refractivity contribution in [2.24, 2.45) is 0 Å². The van der Waals surface area contributed by atoms with Gasteiger partial charge in [-0.2, -0.15) is 0 Å². The second-order valence-electron chi connectivity index (χ2n) is 4.15. The fourth-order valence-electron chi connectivity index (χ4n) is 2.06. The Hall–Kier alpha value is -1.53. The van der Waals surface area contributed by atoms with Gasteiger partial charge in [0.1, 0.15) is 0 Å². The van der Waals surface area contributed by atoms with Gasteiger partial charge in [-0.3, -0.25) is 4.72 Å². The molecule has 0 amide bonds. The molecule has 2 N–H and O–H groups in total. The number of fused-ring (bicyclic) bond motifs is 1. The van der Waals surface area contributed by atoms with E-state index in [1.807, 2.05) is 18.2 Å². The van der Waals surface area contributed by atoms with Gasteiger partial charge in [0.25, 0.3) is 0 Å². The number of aromatic hydroxyl groups is 1. The van der Waals surface area contributed by atoms with Gasteiger partial charge in [0, 0.05) is 10.4 Å². The van der Waals surface area contributed by atoms with Crippen LogP contribution in [0.5, 0.6) is 5.06 Å². The molecule has 0 fully saturated rings. The van der Waals surface area contributed by atoms with Crippen LogP contribution in [0.4, 0.5) is 5.69 Å². The van der Waals surface area contributed by atoms with E-state index in [4.69, 9.17) is 0 Å². The summed E-state index contributed by atoms with van der Waals surface area (Å²) in [6.07, 6.45) is 0.524. The van der Waals surface area contributed by atoms with Crippen LogP contribution in [-0.2, 0) is 16.4 Å². The van der Waals surface area contributed by atoms with Crippen molar-refractivity contribution in [2.45, 2.75) is 6.42 Å². The van der Waals surface area contributed by atoms with Gasteiger partial charge in [0.05, 0.1) is 11.4 Å². The second kappa shape index (κ2) is 4.00. The predicted molar refractivity (Wildman–Crippen MR) is 72.5 cm³/mol. The Bertz CT molecular complexity index is 704. The van der Waals surface area contributed by atoms with E-state index in [1.54, 1.807) is 12.1 Å². The first-order valence-electron chi connectivity index (χ1n) is 5.47. The van der Waals surface area contributed by atoms with Crippen LogP contribution in [0.25, 0.3) is 10.4 Å². The Morgan fingerprint density at radius 1 is 1.22 bits per heavy atom. The second-order valence-corrected chi connectivity index (χ2v) is 7.05. The third-order valence-corrected chi connectivity index (χ3v) is 5.08. The molecule has 4 nitrogen and oxygen atoms in total. The molecule has 0 atom stereocenters. The SMILES string of the molecule is O=S1(=O)CCc2cccc(-c3ccc(O)s3)c2N1. The van der Waals surface area contributed by atoms with Gasteiger partial charge < -0.3 is 5.11 Å². The Kier molecular flexibility index (Phi) is 2.57. The highest BCUT2D eigenvalue weighted by Crippen LogP contribution is 2.39. The van der Waals surface area contributed by atoms with Crippen LogP contribution in [0, 0.1) is 0 Å². The van der Waals surface area contributed by atoms with Crippen molar-refractivity contribution < 1.29 is 13.5 Å². The van der Waals surface area contributed by atoms with Gasteiger partial charge in [0.2, 0.25) is 10.0 Å². The summed E-state index contributed by atoms with van der Waals surface area (Å²) in [5.41, 5.74) is 2.46. The first-order valence-corrected chi connectivity index (χ1v) is 7.94. The number of thiophene rings is 1. The molecule has 2 heterocycles. The van der Waals surface area contributed by atoms with Gasteiger partial charge in [-0.15, -0.1) is 0 Å². The number of aryl methyl sites for hydroxylation is 1. The number of benzene rings is 1. The molecule has 0 saturated carbocycles. The number of sulfonamides is 1. The number of para-hydroxylation sites is 1. The maximum atomic E-state index is 11.6. The van der Waals surface area contributed by atoms with E-state index in [1.165, 1.54) is 11.3 Å². The van der Waals surface area contributed by atoms with Crippen LogP contribution in [-0.4, -0.2) is 19.3 Å². The lowest BCUT2D eigenvalue weighted by molar-refractivity contribution is 0.491. The molecule has 0 spiro atoms. The molecule has 0 unspecified atom stereocenters. The van der Waals surface area contributed by atoms with Crippen molar-refractivity contribution in [3.8, 4) is 15.5 Å². The highest BCUT2D eigenvalue weighted by molar-refractivity contribution is 7.92. The van der Waals surface area contributed by atoms with Crippen LogP contribution < -0.4 is 4.72 Å². The normalized spacial score (nSPS) is 16.9. The minimum atomic E-state index is -3.23. The average Bonchev–Trinajstić information content (AvgIpc) is 2.74. The maximum absolute atomic E-state index is 11.6. The maximum Gasteiger partial charge on any atom is 0.233 e. The summed E-state index contributed by atoms with van der Waals surface area (Å²) in [5.74, 6) is 0.124. The zero-order valence-corrected chi connectivity index (χ0v) is 11.0. The van der Waals surface area contributed by atoms with Gasteiger partial charge >= 0.3 is 0 Å². The molecule has 94 valence electrons. The van der Waals surface area contributed by atoms with Crippen molar-refractivity contribution in [1.29, 1.82) is 0 Å². The van der Waals surface area contributed by atoms with Crippen molar-refractivity contribution in [3.05, 3.63) is 35.9 Å². The number of nitrogens with one attached hydrogen (secondary N) is 1. The van der Waals surface area contributed by atoms with Crippen LogP contribution in [0.1, 0.15) is 5.56 Å². The van der Waals surface area contributed by atoms with Crippen LogP contribution >= 0.6 is 11.3 Å². The molecule has 1 aliphatic heterocycles. The van der Waals surface area contributed by atoms with Crippen molar-refractivity contribution in [2.75, 3.05) is 10.5 Å². The lowest BCUT2D eigenvalue weighted by atomic mass is 10.0. The highest BCUT2D eigenvalue weighted by Gasteiger charge is 2.23. The highest BCUT2D eigenvalue weighted by atomic mass is 32.2. The van der Waals surface area contributed by atoms with Crippen LogP contribution in [0.3, 0.4) is 0 Å². The fourth-order valence-corrected chi connectivity index (χ4v) is 3.98. The van der Waals surface area contributed by atoms with Gasteiger partial charge in [-0.25, -0.2) is 8.42 Å². The number of rotatable bonds is 1. The Labute approximate surface area is 109 Å². The molecule has 0 aliphatic carbocycles. The van der Waals surface area contributed by atoms with Crippen molar-refractivity contribution in [1.82, 2.24) is 0 Å². The monoisotopic (exact) mass is 281 g/mol. The van der Waals surface area contributed by atoms with E-state index >= 15 is 0 Å². The van der Waals surface area contributed by atoms with E-state index in [-0.39, 0.29) is 10.8 Å². The van der Waals surface area contributed by atoms with Gasteiger partial charge in [-0.1, -0.05) is 29.5 Å². The number of hydrogen-bond acceptors (Lipinski definition) is 4. The topological polar surface area (TPSA) is 66.4 Å². The molecule has 2 aromatic rings. The molecular weight excluding hydrogens is 270 g/mol. The molecule has 0 radical (unpaired) electrons. The summed E-state index contributed by atoms with van der Waals surface area (Å²) in [6.45, 7) is 0. The first kappa shape index (κ1) is 11.6. The van der Waals surface area contributed by atoms with Crippen LogP contribution in [0.2, 0.25) is 0 Å². The Morgan fingerprint density at radius 2 is 2.06 bits per heavy atom. The lowest BCUT2D eigenvalue weighted by Crippen LogP contribution is -2.24.